The molecule has 0 amide bonds. The minimum Gasteiger partial charge on any atom is 0 e. The van der Waals surface area contributed by atoms with Crippen LogP contribution in [0, 0.1) is 0 Å². The van der Waals surface area contributed by atoms with Gasteiger partial charge in [0.2, 0.25) is 0 Å². The van der Waals surface area contributed by atoms with E-state index in [2.05, 4.69) is 0 Å². The van der Waals surface area contributed by atoms with Gasteiger partial charge >= 0.3 is 43.9 Å². The summed E-state index contributed by atoms with van der Waals surface area (Å²) < 4.78 is 0. The van der Waals surface area contributed by atoms with Crippen molar-refractivity contribution in [3.63, 3.8) is 0 Å². The normalized spacial score (nSPS) is 3.43. The van der Waals surface area contributed by atoms with Crippen LogP contribution in [0.5, 0.6) is 0 Å². The average molecular weight is 211 g/mol. The topological polar surface area (TPSA) is 89.0 Å². The summed E-state index contributed by atoms with van der Waals surface area (Å²) in [6, 6.07) is 0. The van der Waals surface area contributed by atoms with Gasteiger partial charge in [0.15, 0.2) is 0 Å². The zero-order valence-corrected chi connectivity index (χ0v) is 5.72. The molecule has 0 spiro atoms. The van der Waals surface area contributed by atoms with Crippen LogP contribution < -0.4 is 0 Å². The fourth-order valence-corrected chi connectivity index (χ4v) is 0. The van der Waals surface area contributed by atoms with Gasteiger partial charge in [-0.1, -0.05) is 0 Å². The maximum absolute atomic E-state index is 8.56. The third-order valence-electron chi connectivity index (χ3n) is 0. The standard InChI is InChI=1S/CH2O3.Ca.H2O.Y.2H/c2-1(3)4;;;;;/h(H2,2,3,4);;1H2;;;. The Morgan fingerprint density at radius 1 is 1.29 bits per heavy atom. The monoisotopic (exact) mass is 211 g/mol. The molecule has 1 radical (unpaired) electrons. The molecule has 0 aliphatic rings. The molecule has 6 heteroatoms. The average Bonchev–Trinajstić information content (AvgIpc) is 0.811. The first-order chi connectivity index (χ1) is 1.73. The van der Waals surface area contributed by atoms with Gasteiger partial charge in [0.05, 0.1) is 0 Å². The molecule has 0 rings (SSSR count). The Labute approximate surface area is 95.5 Å². The second kappa shape index (κ2) is 15.6. The van der Waals surface area contributed by atoms with Crippen molar-refractivity contribution in [2.75, 3.05) is 0 Å². The smallest absolute Gasteiger partial charge is 0 e. The molecule has 7 heavy (non-hydrogen) atoms. The van der Waals surface area contributed by atoms with E-state index in [-0.39, 0.29) is 75.9 Å². The molecule has 0 heterocycles. The van der Waals surface area contributed by atoms with Crippen LogP contribution in [-0.2, 0) is 32.7 Å². The van der Waals surface area contributed by atoms with Gasteiger partial charge in [0.1, 0.15) is 0 Å². The number of carbonyl (C=O) groups is 1. The summed E-state index contributed by atoms with van der Waals surface area (Å²) >= 11 is 0. The van der Waals surface area contributed by atoms with E-state index in [9.17, 15) is 0 Å². The van der Waals surface area contributed by atoms with Crippen molar-refractivity contribution in [3.8, 4) is 0 Å². The van der Waals surface area contributed by atoms with E-state index in [4.69, 9.17) is 15.0 Å². The fraction of sp³-hybridized carbons (Fsp3) is 0. The zero-order valence-electron chi connectivity index (χ0n) is 2.88. The van der Waals surface area contributed by atoms with Gasteiger partial charge in [0, 0.05) is 32.7 Å². The Bertz CT molecular complexity index is 34.7. The Balaban J connectivity index is -0.0000000150. The zero-order chi connectivity index (χ0) is 3.58. The SMILES string of the molecule is O.O=C(O)O.[CaH2].[Y]. The van der Waals surface area contributed by atoms with Gasteiger partial charge in [-0.25, -0.2) is 4.79 Å². The van der Waals surface area contributed by atoms with Gasteiger partial charge in [-0.2, -0.15) is 0 Å². The molecule has 0 unspecified atom stereocenters. The van der Waals surface area contributed by atoms with E-state index in [1.54, 1.807) is 0 Å². The summed E-state index contributed by atoms with van der Waals surface area (Å²) in [7, 11) is 0. The van der Waals surface area contributed by atoms with Gasteiger partial charge in [-0.15, -0.1) is 0 Å². The second-order valence-electron chi connectivity index (χ2n) is 0.283. The van der Waals surface area contributed by atoms with Gasteiger partial charge in [0.25, 0.3) is 0 Å². The van der Waals surface area contributed by atoms with E-state index in [1.807, 2.05) is 0 Å². The van der Waals surface area contributed by atoms with Crippen LogP contribution in [0.2, 0.25) is 0 Å². The number of hydrogen-bond donors (Lipinski definition) is 2. The molecule has 0 fully saturated rings. The van der Waals surface area contributed by atoms with Crippen molar-refractivity contribution in [1.82, 2.24) is 0 Å². The molecule has 39 valence electrons. The maximum atomic E-state index is 8.56. The van der Waals surface area contributed by atoms with Crippen LogP contribution in [0.3, 0.4) is 0 Å². The number of hydrogen-bond acceptors (Lipinski definition) is 1. The molecule has 4 N–H and O–H groups in total. The predicted molar refractivity (Wildman–Crippen MR) is 22.8 cm³/mol. The van der Waals surface area contributed by atoms with Crippen molar-refractivity contribution in [2.45, 2.75) is 0 Å². The number of carboxylic acid groups (broad SMARTS) is 2. The van der Waals surface area contributed by atoms with Crippen LogP contribution in [0.15, 0.2) is 0 Å². The molecule has 0 bridgehead atoms. The Hall–Kier alpha value is 1.59. The first-order valence-electron chi connectivity index (χ1n) is 0.651. The fourth-order valence-electron chi connectivity index (χ4n) is 0. The third kappa shape index (κ3) is 93.6. The van der Waals surface area contributed by atoms with Crippen LogP contribution in [0.1, 0.15) is 0 Å². The first kappa shape index (κ1) is 23.5. The summed E-state index contributed by atoms with van der Waals surface area (Å²) in [5.74, 6) is 0. The number of rotatable bonds is 0. The van der Waals surface area contributed by atoms with E-state index in [1.165, 1.54) is 0 Å². The van der Waals surface area contributed by atoms with E-state index in [0.29, 0.717) is 0 Å². The molecule has 0 saturated carbocycles. The molecule has 0 saturated heterocycles. The molecule has 4 nitrogen and oxygen atoms in total. The molecular formula is CH6CaO4Y. The first-order valence-corrected chi connectivity index (χ1v) is 0.651. The van der Waals surface area contributed by atoms with E-state index >= 15 is 0 Å². The Morgan fingerprint density at radius 2 is 1.29 bits per heavy atom. The molecule has 0 atom stereocenters. The van der Waals surface area contributed by atoms with Crippen molar-refractivity contribution in [3.05, 3.63) is 0 Å². The van der Waals surface area contributed by atoms with Crippen molar-refractivity contribution in [2.24, 2.45) is 0 Å². The quantitative estimate of drug-likeness (QED) is 0.477. The van der Waals surface area contributed by atoms with Gasteiger partial charge in [-0.3, -0.25) is 0 Å². The minimum atomic E-state index is -1.83. The van der Waals surface area contributed by atoms with Gasteiger partial charge < -0.3 is 15.7 Å². The molecule has 0 aromatic carbocycles. The van der Waals surface area contributed by atoms with Crippen LogP contribution in [-0.4, -0.2) is 59.6 Å². The van der Waals surface area contributed by atoms with Crippen LogP contribution in [0.25, 0.3) is 0 Å². The molecule has 0 aliphatic heterocycles. The van der Waals surface area contributed by atoms with Crippen molar-refractivity contribution < 1.29 is 53.2 Å². The minimum absolute atomic E-state index is 0. The van der Waals surface area contributed by atoms with E-state index in [0.717, 1.165) is 0 Å². The largest absolute Gasteiger partial charge is 0 e. The van der Waals surface area contributed by atoms with Crippen LogP contribution >= 0.6 is 0 Å². The summed E-state index contributed by atoms with van der Waals surface area (Å²) in [6.45, 7) is 0. The summed E-state index contributed by atoms with van der Waals surface area (Å²) in [5.41, 5.74) is 0. The molecular weight excluding hydrogens is 205 g/mol. The predicted octanol–water partition coefficient (Wildman–Crippen LogP) is -1.52. The summed E-state index contributed by atoms with van der Waals surface area (Å²) in [4.78, 5) is 8.56. The molecule has 0 aromatic heterocycles. The Morgan fingerprint density at radius 3 is 1.29 bits per heavy atom. The molecule has 0 aliphatic carbocycles. The second-order valence-corrected chi connectivity index (χ2v) is 0.283. The summed E-state index contributed by atoms with van der Waals surface area (Å²) in [5, 5.41) is 13.9. The Kier molecular flexibility index (Phi) is 52.5. The summed E-state index contributed by atoms with van der Waals surface area (Å²) in [6.07, 6.45) is -1.83. The third-order valence-corrected chi connectivity index (χ3v) is 0. The molecule has 0 aromatic rings. The van der Waals surface area contributed by atoms with Gasteiger partial charge in [-0.05, 0) is 0 Å². The maximum Gasteiger partial charge on any atom is 0 e. The van der Waals surface area contributed by atoms with Crippen LogP contribution in [0.4, 0.5) is 4.79 Å². The van der Waals surface area contributed by atoms with Crippen molar-refractivity contribution >= 4 is 43.9 Å². The van der Waals surface area contributed by atoms with Crippen molar-refractivity contribution in [1.29, 1.82) is 0 Å². The van der Waals surface area contributed by atoms with E-state index < -0.39 is 6.16 Å².